The minimum atomic E-state index is -1.44. The summed E-state index contributed by atoms with van der Waals surface area (Å²) in [5.41, 5.74) is 5.81. The maximum absolute atomic E-state index is 13.7. The molecule has 4 bridgehead atoms. The van der Waals surface area contributed by atoms with E-state index in [4.69, 9.17) is 29.0 Å². The summed E-state index contributed by atoms with van der Waals surface area (Å²) in [5.74, 6) is 0.334. The predicted molar refractivity (Wildman–Crippen MR) is 238 cm³/mol. The maximum Gasteiger partial charge on any atom is 0.512 e. The third kappa shape index (κ3) is 8.70. The van der Waals surface area contributed by atoms with Gasteiger partial charge in [0.05, 0.1) is 55.0 Å². The fraction of sp³-hybridized carbons (Fsp3) is 0.511. The molecule has 4 aliphatic carbocycles. The largest absolute Gasteiger partial charge is 0.512 e. The van der Waals surface area contributed by atoms with Crippen molar-refractivity contribution in [2.45, 2.75) is 84.4 Å². The number of fused-ring (bicyclic) bond motifs is 2. The molecule has 1 aliphatic heterocycles. The maximum atomic E-state index is 13.7. The van der Waals surface area contributed by atoms with Crippen LogP contribution in [0.2, 0.25) is 0 Å². The summed E-state index contributed by atoms with van der Waals surface area (Å²) in [7, 11) is 1.91. The third-order valence-corrected chi connectivity index (χ3v) is 14.4. The Hall–Kier alpha value is -4.93. The Morgan fingerprint density at radius 1 is 0.871 bits per heavy atom. The predicted octanol–water partition coefficient (Wildman–Crippen LogP) is 8.12. The first-order valence-corrected chi connectivity index (χ1v) is 22.6. The quantitative estimate of drug-likeness (QED) is 0.0609. The lowest BCUT2D eigenvalue weighted by atomic mass is 9.39. The van der Waals surface area contributed by atoms with Gasteiger partial charge >= 0.3 is 6.16 Å². The van der Waals surface area contributed by atoms with Gasteiger partial charge in [-0.2, -0.15) is 10.1 Å². The zero-order valence-electron chi connectivity index (χ0n) is 36.1. The lowest BCUT2D eigenvalue weighted by Crippen LogP contribution is -2.64. The topological polar surface area (TPSA) is 162 Å². The van der Waals surface area contributed by atoms with Gasteiger partial charge in [0.25, 0.3) is 5.91 Å². The van der Waals surface area contributed by atoms with Gasteiger partial charge in [0, 0.05) is 48.6 Å². The van der Waals surface area contributed by atoms with Crippen molar-refractivity contribution in [2.24, 2.45) is 16.2 Å². The number of para-hydroxylation sites is 1. The third-order valence-electron chi connectivity index (χ3n) is 13.4. The first kappa shape index (κ1) is 42.4. The Labute approximate surface area is 366 Å². The Balaban J connectivity index is 0.912. The molecule has 10 rings (SSSR count). The number of hydrogen-bond donors (Lipinski definition) is 3. The van der Waals surface area contributed by atoms with Crippen LogP contribution in [0, 0.1) is 23.2 Å². The molecule has 4 saturated carbocycles. The lowest BCUT2D eigenvalue weighted by Gasteiger charge is -2.69. The monoisotopic (exact) mass is 863 g/mol. The van der Waals surface area contributed by atoms with Gasteiger partial charge in [0.15, 0.2) is 5.13 Å². The second-order valence-corrected chi connectivity index (χ2v) is 19.8. The van der Waals surface area contributed by atoms with Crippen LogP contribution in [0.15, 0.2) is 60.8 Å². The van der Waals surface area contributed by atoms with Crippen LogP contribution in [0.5, 0.6) is 5.88 Å². The highest BCUT2D eigenvalue weighted by Gasteiger charge is 2.66. The Bertz CT molecular complexity index is 2420. The molecule has 4 heterocycles. The number of aromatic nitrogens is 4. The number of rotatable bonds is 17. The van der Waals surface area contributed by atoms with Crippen molar-refractivity contribution in [1.29, 1.82) is 0 Å². The highest BCUT2D eigenvalue weighted by molar-refractivity contribution is 7.22. The fourth-order valence-corrected chi connectivity index (χ4v) is 13.1. The number of ether oxygens (including phenoxy) is 4. The summed E-state index contributed by atoms with van der Waals surface area (Å²) in [4.78, 5) is 37.3. The Morgan fingerprint density at radius 3 is 2.42 bits per heavy atom. The number of carboxylic acid groups (broad SMARTS) is 1. The van der Waals surface area contributed by atoms with E-state index < -0.39 is 6.16 Å². The number of anilines is 2. The van der Waals surface area contributed by atoms with Crippen molar-refractivity contribution in [2.75, 3.05) is 63.4 Å². The number of thiazole rings is 1. The number of likely N-dealkylation sites (N-methyl/N-ethyl adjacent to an activating group) is 1. The Kier molecular flexibility index (Phi) is 11.6. The van der Waals surface area contributed by atoms with E-state index in [0.29, 0.717) is 74.6 Å². The molecule has 3 aromatic heterocycles. The van der Waals surface area contributed by atoms with Gasteiger partial charge in [0.1, 0.15) is 5.82 Å². The van der Waals surface area contributed by atoms with Crippen LogP contribution >= 0.6 is 11.3 Å². The highest BCUT2D eigenvalue weighted by atomic mass is 32.1. The molecule has 0 saturated heterocycles. The van der Waals surface area contributed by atoms with Gasteiger partial charge in [-0.05, 0) is 117 Å². The zero-order chi connectivity index (χ0) is 43.1. The molecule has 328 valence electrons. The number of carbonyl (C=O) groups excluding carboxylic acids is 1. The molecule has 3 N–H and O–H groups in total. The van der Waals surface area contributed by atoms with E-state index in [9.17, 15) is 14.7 Å². The molecule has 62 heavy (non-hydrogen) atoms. The van der Waals surface area contributed by atoms with Crippen molar-refractivity contribution >= 4 is 44.6 Å². The van der Waals surface area contributed by atoms with E-state index in [1.54, 1.807) is 0 Å². The van der Waals surface area contributed by atoms with E-state index >= 15 is 0 Å². The standard InChI is InChI=1S/C47H57N7O7S/c1-31-35(22-49-54(31)30-46-25-44(2)24-45(3,26-46)28-47(27-44,29-46)60-21-20-59-19-18-58-17-15-48-4)34-12-13-39(51-41(34)61-43(56)57)53-16-14-32-8-7-9-33(36(32)23-53)40(55)52-42-50-37-10-5-6-11-38(37)62-42/h5-13,22,48H,14-21,23-30H2,1-4H3,(H,56,57)(H,50,52,55). The minimum absolute atomic E-state index is 0.000704. The number of nitrogens with zero attached hydrogens (tertiary/aromatic N) is 5. The fourth-order valence-electron chi connectivity index (χ4n) is 12.2. The smallest absolute Gasteiger partial charge is 0.449 e. The second kappa shape index (κ2) is 17.0. The molecule has 2 aromatic carbocycles. The summed E-state index contributed by atoms with van der Waals surface area (Å²) < 4.78 is 26.9. The molecule has 2 unspecified atom stereocenters. The number of hydrogen-bond acceptors (Lipinski definition) is 12. The summed E-state index contributed by atoms with van der Waals surface area (Å²) in [6.07, 6.45) is 7.58. The second-order valence-electron chi connectivity index (χ2n) is 18.8. The van der Waals surface area contributed by atoms with Crippen LogP contribution in [0.3, 0.4) is 0 Å². The number of amides is 1. The molecule has 14 nitrogen and oxygen atoms in total. The summed E-state index contributed by atoms with van der Waals surface area (Å²) in [5, 5.41) is 21.5. The molecular formula is C47H57N7O7S. The normalized spacial score (nSPS) is 25.0. The molecule has 15 heteroatoms. The SMILES string of the molecule is CNCCOCCOCCOC12CC3(C)CC(C)(CC(Cn4ncc(-c5ccc(N6CCc7cccc(C(=O)Nc8nc9ccccc9s8)c7C6)nc5OC(=O)O)c4C)(C3)C1)C2. The van der Waals surface area contributed by atoms with Crippen LogP contribution in [-0.2, 0) is 33.7 Å². The molecule has 5 aliphatic rings. The van der Waals surface area contributed by atoms with Gasteiger partial charge in [-0.25, -0.2) is 9.78 Å². The van der Waals surface area contributed by atoms with Gasteiger partial charge in [-0.15, -0.1) is 0 Å². The first-order valence-electron chi connectivity index (χ1n) is 21.8. The molecule has 1 amide bonds. The lowest BCUT2D eigenvalue weighted by molar-refractivity contribution is -0.250. The van der Waals surface area contributed by atoms with Crippen molar-refractivity contribution in [1.82, 2.24) is 25.1 Å². The molecule has 0 radical (unpaired) electrons. The number of benzene rings is 2. The molecule has 0 spiro atoms. The van der Waals surface area contributed by atoms with Crippen LogP contribution in [0.4, 0.5) is 15.7 Å². The van der Waals surface area contributed by atoms with Crippen LogP contribution in [0.1, 0.15) is 79.6 Å². The van der Waals surface area contributed by atoms with E-state index in [0.717, 1.165) is 77.8 Å². The number of carbonyl (C=O) groups is 2. The summed E-state index contributed by atoms with van der Waals surface area (Å²) >= 11 is 1.44. The van der Waals surface area contributed by atoms with Gasteiger partial charge < -0.3 is 34.3 Å². The van der Waals surface area contributed by atoms with Crippen molar-refractivity contribution in [3.63, 3.8) is 0 Å². The molecule has 4 fully saturated rings. The highest BCUT2D eigenvalue weighted by Crippen LogP contribution is 2.72. The average Bonchev–Trinajstić information content (AvgIpc) is 3.79. The van der Waals surface area contributed by atoms with E-state index in [1.165, 1.54) is 17.8 Å². The van der Waals surface area contributed by atoms with Crippen LogP contribution in [0.25, 0.3) is 21.3 Å². The van der Waals surface area contributed by atoms with Crippen molar-refractivity contribution in [3.8, 4) is 17.0 Å². The van der Waals surface area contributed by atoms with Crippen molar-refractivity contribution in [3.05, 3.63) is 83.2 Å². The molecular weight excluding hydrogens is 807 g/mol. The summed E-state index contributed by atoms with van der Waals surface area (Å²) in [6.45, 7) is 12.5. The van der Waals surface area contributed by atoms with E-state index in [-0.39, 0.29) is 33.6 Å². The number of nitrogens with one attached hydrogen (secondary N) is 2. The van der Waals surface area contributed by atoms with Crippen LogP contribution in [-0.4, -0.2) is 95.7 Å². The van der Waals surface area contributed by atoms with E-state index in [1.807, 2.05) is 68.7 Å². The molecule has 2 atom stereocenters. The van der Waals surface area contributed by atoms with Gasteiger partial charge in [-0.3, -0.25) is 14.8 Å². The minimum Gasteiger partial charge on any atom is -0.449 e. The Morgan fingerprint density at radius 2 is 1.65 bits per heavy atom. The van der Waals surface area contributed by atoms with Gasteiger partial charge in [0.2, 0.25) is 5.88 Å². The van der Waals surface area contributed by atoms with Gasteiger partial charge in [-0.1, -0.05) is 49.4 Å². The van der Waals surface area contributed by atoms with E-state index in [2.05, 4.69) is 45.1 Å². The number of pyridine rings is 1. The van der Waals surface area contributed by atoms with Crippen molar-refractivity contribution < 1.29 is 33.6 Å². The van der Waals surface area contributed by atoms with Crippen LogP contribution < -0.4 is 20.3 Å². The first-order chi connectivity index (χ1) is 29.9. The molecule has 5 aromatic rings. The average molecular weight is 864 g/mol. The summed E-state index contributed by atoms with van der Waals surface area (Å²) in [6, 6.07) is 17.4. The zero-order valence-corrected chi connectivity index (χ0v) is 36.9.